The van der Waals surface area contributed by atoms with Crippen LogP contribution >= 0.6 is 0 Å². The van der Waals surface area contributed by atoms with Crippen LogP contribution in [0.3, 0.4) is 0 Å². The van der Waals surface area contributed by atoms with Gasteiger partial charge in [0.1, 0.15) is 11.9 Å². The summed E-state index contributed by atoms with van der Waals surface area (Å²) >= 11 is 0. The summed E-state index contributed by atoms with van der Waals surface area (Å²) in [4.78, 5) is 23.4. The number of hydrogen-bond acceptors (Lipinski definition) is 6. The molecule has 2 aromatic carbocycles. The lowest BCUT2D eigenvalue weighted by Gasteiger charge is -2.27. The molecular weight excluding hydrogens is 384 g/mol. The topological polar surface area (TPSA) is 71.1 Å². The quantitative estimate of drug-likeness (QED) is 0.362. The van der Waals surface area contributed by atoms with E-state index in [1.807, 2.05) is 24.3 Å². The second-order valence-corrected chi connectivity index (χ2v) is 7.07. The summed E-state index contributed by atoms with van der Waals surface area (Å²) in [6.07, 6.45) is 4.83. The highest BCUT2D eigenvalue weighted by molar-refractivity contribution is 5.90. The summed E-state index contributed by atoms with van der Waals surface area (Å²) in [5.74, 6) is -0.243. The van der Waals surface area contributed by atoms with Gasteiger partial charge < -0.3 is 18.9 Å². The molecule has 0 N–H and O–H groups in total. The van der Waals surface area contributed by atoms with Gasteiger partial charge in [0, 0.05) is 13.2 Å². The van der Waals surface area contributed by atoms with E-state index >= 15 is 0 Å². The van der Waals surface area contributed by atoms with E-state index in [0.717, 1.165) is 42.9 Å². The monoisotopic (exact) mass is 410 g/mol. The third kappa shape index (κ3) is 5.94. The Hall–Kier alpha value is -3.12. The van der Waals surface area contributed by atoms with Crippen LogP contribution in [0.15, 0.2) is 61.2 Å². The minimum absolute atomic E-state index is 0.0399. The number of methoxy groups -OCH3 is 1. The van der Waals surface area contributed by atoms with Gasteiger partial charge in [-0.15, -0.1) is 0 Å². The largest absolute Gasteiger partial charge is 0.459 e. The van der Waals surface area contributed by atoms with E-state index in [2.05, 4.69) is 6.58 Å². The molecule has 0 spiro atoms. The van der Waals surface area contributed by atoms with Crippen LogP contribution in [0.4, 0.5) is 0 Å². The highest BCUT2D eigenvalue weighted by Gasteiger charge is 2.24. The average Bonchev–Trinajstić information content (AvgIpc) is 2.80. The number of hydrogen-bond donors (Lipinski definition) is 0. The lowest BCUT2D eigenvalue weighted by atomic mass is 9.95. The predicted molar refractivity (Wildman–Crippen MR) is 112 cm³/mol. The van der Waals surface area contributed by atoms with Crippen molar-refractivity contribution in [1.29, 1.82) is 0 Å². The van der Waals surface area contributed by atoms with E-state index in [1.165, 1.54) is 0 Å². The van der Waals surface area contributed by atoms with Crippen molar-refractivity contribution in [1.82, 2.24) is 0 Å². The van der Waals surface area contributed by atoms with Crippen LogP contribution in [0.25, 0.3) is 11.1 Å². The molecule has 0 radical (unpaired) electrons. The third-order valence-electron chi connectivity index (χ3n) is 5.13. The van der Waals surface area contributed by atoms with Crippen molar-refractivity contribution in [2.24, 2.45) is 0 Å². The van der Waals surface area contributed by atoms with Gasteiger partial charge in [0.05, 0.1) is 11.7 Å². The summed E-state index contributed by atoms with van der Waals surface area (Å²) in [5, 5.41) is 0. The fourth-order valence-corrected chi connectivity index (χ4v) is 3.36. The first-order chi connectivity index (χ1) is 14.6. The number of carbonyl (C=O) groups excluding carboxylic acids is 2. The van der Waals surface area contributed by atoms with Gasteiger partial charge in [0.2, 0.25) is 6.79 Å². The molecule has 2 aromatic rings. The van der Waals surface area contributed by atoms with Crippen LogP contribution in [0, 0.1) is 0 Å². The Morgan fingerprint density at radius 3 is 2.07 bits per heavy atom. The van der Waals surface area contributed by atoms with Gasteiger partial charge in [0.15, 0.2) is 0 Å². The minimum atomic E-state index is -0.534. The molecule has 1 aliphatic carbocycles. The van der Waals surface area contributed by atoms with Crippen molar-refractivity contribution >= 4 is 11.9 Å². The first-order valence-electron chi connectivity index (χ1n) is 9.95. The fourth-order valence-electron chi connectivity index (χ4n) is 3.36. The summed E-state index contributed by atoms with van der Waals surface area (Å²) in [6, 6.07) is 14.7. The lowest BCUT2D eigenvalue weighted by molar-refractivity contribution is -0.144. The predicted octanol–water partition coefficient (Wildman–Crippen LogP) is 4.53. The molecule has 0 amide bonds. The van der Waals surface area contributed by atoms with Gasteiger partial charge in [-0.1, -0.05) is 30.8 Å². The molecule has 6 heteroatoms. The smallest absolute Gasteiger partial charge is 0.338 e. The molecule has 1 saturated carbocycles. The van der Waals surface area contributed by atoms with Crippen molar-refractivity contribution < 1.29 is 28.5 Å². The van der Waals surface area contributed by atoms with Crippen LogP contribution in [0.1, 0.15) is 36.0 Å². The van der Waals surface area contributed by atoms with Crippen LogP contribution < -0.4 is 4.74 Å². The van der Waals surface area contributed by atoms with Crippen molar-refractivity contribution in [3.8, 4) is 16.9 Å². The van der Waals surface area contributed by atoms with E-state index in [0.29, 0.717) is 11.3 Å². The highest BCUT2D eigenvalue weighted by atomic mass is 16.7. The van der Waals surface area contributed by atoms with Gasteiger partial charge in [-0.25, -0.2) is 9.59 Å². The Balaban J connectivity index is 1.53. The van der Waals surface area contributed by atoms with Crippen molar-refractivity contribution in [3.05, 3.63) is 66.7 Å². The summed E-state index contributed by atoms with van der Waals surface area (Å²) in [5.41, 5.74) is 2.48. The van der Waals surface area contributed by atoms with Crippen LogP contribution in [-0.2, 0) is 19.0 Å². The molecule has 0 unspecified atom stereocenters. The highest BCUT2D eigenvalue weighted by Crippen LogP contribution is 2.25. The minimum Gasteiger partial charge on any atom is -0.459 e. The molecule has 30 heavy (non-hydrogen) atoms. The maximum Gasteiger partial charge on any atom is 0.338 e. The molecule has 0 bridgehead atoms. The van der Waals surface area contributed by atoms with E-state index in [9.17, 15) is 9.59 Å². The number of benzene rings is 2. The molecule has 0 heterocycles. The van der Waals surface area contributed by atoms with Gasteiger partial charge in [-0.05, 0) is 61.1 Å². The zero-order chi connectivity index (χ0) is 21.3. The van der Waals surface area contributed by atoms with Crippen molar-refractivity contribution in [2.75, 3.05) is 13.9 Å². The molecule has 1 fully saturated rings. The second-order valence-electron chi connectivity index (χ2n) is 7.07. The van der Waals surface area contributed by atoms with Gasteiger partial charge in [-0.3, -0.25) is 0 Å². The zero-order valence-corrected chi connectivity index (χ0v) is 17.0. The Morgan fingerprint density at radius 1 is 0.933 bits per heavy atom. The first-order valence-corrected chi connectivity index (χ1v) is 9.95. The SMILES string of the molecule is C=CC(=O)OCOc1ccc(-c2ccc(C(=O)OC3CCC(OC)CC3)cc2)cc1. The Bertz CT molecular complexity index is 848. The maximum absolute atomic E-state index is 12.4. The third-order valence-corrected chi connectivity index (χ3v) is 5.13. The zero-order valence-electron chi connectivity index (χ0n) is 17.0. The molecular formula is C24H26O6. The molecule has 0 atom stereocenters. The molecule has 3 rings (SSSR count). The number of carbonyl (C=O) groups is 2. The first kappa shape index (κ1) is 21.6. The Labute approximate surface area is 176 Å². The van der Waals surface area contributed by atoms with Crippen molar-refractivity contribution in [3.63, 3.8) is 0 Å². The second kappa shape index (κ2) is 10.6. The fraction of sp³-hybridized carbons (Fsp3) is 0.333. The average molecular weight is 410 g/mol. The van der Waals surface area contributed by atoms with Crippen LogP contribution in [-0.4, -0.2) is 38.0 Å². The Morgan fingerprint density at radius 2 is 1.50 bits per heavy atom. The molecule has 0 saturated heterocycles. The van der Waals surface area contributed by atoms with Gasteiger partial charge >= 0.3 is 11.9 Å². The van der Waals surface area contributed by atoms with Crippen LogP contribution in [0.2, 0.25) is 0 Å². The van der Waals surface area contributed by atoms with Crippen molar-refractivity contribution in [2.45, 2.75) is 37.9 Å². The normalized spacial score (nSPS) is 18.3. The summed E-state index contributed by atoms with van der Waals surface area (Å²) in [7, 11) is 1.72. The summed E-state index contributed by atoms with van der Waals surface area (Å²) < 4.78 is 21.1. The number of rotatable bonds is 8. The Kier molecular flexibility index (Phi) is 7.63. The van der Waals surface area contributed by atoms with E-state index < -0.39 is 5.97 Å². The molecule has 0 aromatic heterocycles. The van der Waals surface area contributed by atoms with Gasteiger partial charge in [-0.2, -0.15) is 0 Å². The molecule has 158 valence electrons. The number of ether oxygens (including phenoxy) is 4. The lowest BCUT2D eigenvalue weighted by Crippen LogP contribution is -2.27. The number of esters is 2. The molecule has 0 aliphatic heterocycles. The molecule has 1 aliphatic rings. The van der Waals surface area contributed by atoms with Crippen LogP contribution in [0.5, 0.6) is 5.75 Å². The van der Waals surface area contributed by atoms with E-state index in [4.69, 9.17) is 18.9 Å². The standard InChI is InChI=1S/C24H26O6/c1-3-23(25)29-16-28-21-10-8-18(9-11-21)17-4-6-19(7-5-17)24(26)30-22-14-12-20(27-2)13-15-22/h3-11,20,22H,1,12-16H2,2H3. The summed E-state index contributed by atoms with van der Waals surface area (Å²) in [6.45, 7) is 3.15. The van der Waals surface area contributed by atoms with Gasteiger partial charge in [0.25, 0.3) is 0 Å². The maximum atomic E-state index is 12.4. The molecule has 6 nitrogen and oxygen atoms in total. The van der Waals surface area contributed by atoms with E-state index in [-0.39, 0.29) is 25.0 Å². The van der Waals surface area contributed by atoms with E-state index in [1.54, 1.807) is 31.4 Å².